The van der Waals surface area contributed by atoms with Gasteiger partial charge >= 0.3 is 0 Å². The van der Waals surface area contributed by atoms with Gasteiger partial charge in [-0.25, -0.2) is 0 Å². The Morgan fingerprint density at radius 2 is 1.77 bits per heavy atom. The molecule has 2 bridgehead atoms. The second-order valence-corrected chi connectivity index (χ2v) is 8.91. The van der Waals surface area contributed by atoms with Crippen LogP contribution in [0.2, 0.25) is 0 Å². The highest BCUT2D eigenvalue weighted by molar-refractivity contribution is 7.09. The molecule has 2 atom stereocenters. The van der Waals surface area contributed by atoms with E-state index < -0.39 is 0 Å². The summed E-state index contributed by atoms with van der Waals surface area (Å²) >= 11 is 1.82. The highest BCUT2D eigenvalue weighted by Crippen LogP contribution is 2.42. The predicted octanol–water partition coefficient (Wildman–Crippen LogP) is 3.39. The zero-order chi connectivity index (χ0) is 16.5. The molecule has 2 heterocycles. The summed E-state index contributed by atoms with van der Waals surface area (Å²) in [6.45, 7) is 4.82. The first-order valence-corrected chi connectivity index (χ1v) is 10.4. The molecule has 1 amide bonds. The number of carbonyl (C=O) groups is 1. The minimum atomic E-state index is 0. The number of hydrogen-bond acceptors (Lipinski definition) is 4. The minimum absolute atomic E-state index is 0. The molecule has 26 heavy (non-hydrogen) atoms. The van der Waals surface area contributed by atoms with Crippen LogP contribution in [0.5, 0.6) is 0 Å². The number of amides is 1. The van der Waals surface area contributed by atoms with Gasteiger partial charge in [0.25, 0.3) is 0 Å². The summed E-state index contributed by atoms with van der Waals surface area (Å²) in [6.07, 6.45) is 5.84. The van der Waals surface area contributed by atoms with Crippen LogP contribution in [-0.4, -0.2) is 47.9 Å². The molecule has 0 spiro atoms. The smallest absolute Gasteiger partial charge is 0.225 e. The van der Waals surface area contributed by atoms with Crippen LogP contribution in [0.4, 0.5) is 0 Å². The van der Waals surface area contributed by atoms with E-state index in [1.165, 1.54) is 24.1 Å². The molecule has 148 valence electrons. The molecule has 1 aliphatic heterocycles. The fourth-order valence-corrected chi connectivity index (χ4v) is 5.74. The predicted molar refractivity (Wildman–Crippen MR) is 112 cm³/mol. The summed E-state index contributed by atoms with van der Waals surface area (Å²) in [5.74, 6) is 1.83. The van der Waals surface area contributed by atoms with E-state index in [9.17, 15) is 4.79 Å². The lowest BCUT2D eigenvalue weighted by Crippen LogP contribution is -2.53. The average Bonchev–Trinajstić information content (AvgIpc) is 3.08. The zero-order valence-electron chi connectivity index (χ0n) is 15.2. The van der Waals surface area contributed by atoms with Gasteiger partial charge in [0.2, 0.25) is 5.91 Å². The monoisotopic (exact) mass is 419 g/mol. The molecule has 0 radical (unpaired) electrons. The number of nitrogens with two attached hydrogens (primary N) is 1. The van der Waals surface area contributed by atoms with Crippen LogP contribution >= 0.6 is 36.2 Å². The van der Waals surface area contributed by atoms with E-state index in [1.54, 1.807) is 0 Å². The minimum Gasteiger partial charge on any atom is -0.340 e. The van der Waals surface area contributed by atoms with Gasteiger partial charge in [0.1, 0.15) is 0 Å². The highest BCUT2D eigenvalue weighted by atomic mass is 35.5. The summed E-state index contributed by atoms with van der Waals surface area (Å²) in [6, 6.07) is 4.67. The van der Waals surface area contributed by atoms with E-state index >= 15 is 0 Å². The van der Waals surface area contributed by atoms with E-state index in [2.05, 4.69) is 27.3 Å². The van der Waals surface area contributed by atoms with Crippen molar-refractivity contribution in [1.29, 1.82) is 0 Å². The van der Waals surface area contributed by atoms with Gasteiger partial charge in [-0.1, -0.05) is 12.5 Å². The molecule has 2 saturated carbocycles. The van der Waals surface area contributed by atoms with Crippen molar-refractivity contribution in [2.75, 3.05) is 26.2 Å². The lowest BCUT2D eigenvalue weighted by Gasteiger charge is -2.45. The molecule has 1 aromatic heterocycles. The molecule has 3 fully saturated rings. The zero-order valence-corrected chi connectivity index (χ0v) is 17.7. The maximum absolute atomic E-state index is 13.0. The number of rotatable bonds is 3. The molecule has 1 saturated heterocycles. The average molecular weight is 420 g/mol. The molecule has 2 N–H and O–H groups in total. The van der Waals surface area contributed by atoms with Gasteiger partial charge in [-0.2, -0.15) is 0 Å². The van der Waals surface area contributed by atoms with Gasteiger partial charge in [0.15, 0.2) is 0 Å². The summed E-state index contributed by atoms with van der Waals surface area (Å²) in [5.41, 5.74) is 6.38. The Kier molecular flexibility index (Phi) is 8.23. The normalized spacial score (nSPS) is 31.7. The highest BCUT2D eigenvalue weighted by Gasteiger charge is 2.41. The third kappa shape index (κ3) is 4.74. The summed E-state index contributed by atoms with van der Waals surface area (Å²) < 4.78 is 0. The van der Waals surface area contributed by atoms with Crippen molar-refractivity contribution < 1.29 is 4.79 Å². The summed E-state index contributed by atoms with van der Waals surface area (Å²) in [5, 5.41) is 2.14. The molecular weight excluding hydrogens is 389 g/mol. The first-order valence-electron chi connectivity index (χ1n) is 9.50. The van der Waals surface area contributed by atoms with Crippen LogP contribution in [0.1, 0.15) is 37.0 Å². The molecule has 2 unspecified atom stereocenters. The molecule has 2 aliphatic carbocycles. The number of piperazine rings is 1. The van der Waals surface area contributed by atoms with E-state index in [1.807, 2.05) is 11.3 Å². The molecule has 1 aromatic rings. The van der Waals surface area contributed by atoms with Crippen molar-refractivity contribution in [1.82, 2.24) is 9.80 Å². The third-order valence-corrected chi connectivity index (χ3v) is 7.27. The van der Waals surface area contributed by atoms with E-state index in [0.29, 0.717) is 23.8 Å². The van der Waals surface area contributed by atoms with Crippen LogP contribution in [0, 0.1) is 17.8 Å². The summed E-state index contributed by atoms with van der Waals surface area (Å²) in [4.78, 5) is 19.0. The van der Waals surface area contributed by atoms with Gasteiger partial charge in [-0.15, -0.1) is 36.2 Å². The first-order chi connectivity index (χ1) is 11.7. The van der Waals surface area contributed by atoms with Gasteiger partial charge < -0.3 is 10.6 Å². The van der Waals surface area contributed by atoms with Crippen LogP contribution in [0.25, 0.3) is 0 Å². The van der Waals surface area contributed by atoms with Gasteiger partial charge in [-0.05, 0) is 49.0 Å². The largest absolute Gasteiger partial charge is 0.340 e. The molecule has 4 rings (SSSR count). The molecule has 4 nitrogen and oxygen atoms in total. The Morgan fingerprint density at radius 1 is 1.12 bits per heavy atom. The van der Waals surface area contributed by atoms with Crippen molar-refractivity contribution >= 4 is 42.1 Å². The van der Waals surface area contributed by atoms with Gasteiger partial charge in [0, 0.05) is 49.6 Å². The quantitative estimate of drug-likeness (QED) is 0.816. The summed E-state index contributed by atoms with van der Waals surface area (Å²) in [7, 11) is 0. The van der Waals surface area contributed by atoms with Crippen LogP contribution in [-0.2, 0) is 11.3 Å². The number of carbonyl (C=O) groups excluding carboxylic acids is 1. The second kappa shape index (κ2) is 9.74. The standard InChI is InChI=1S/C19H29N3OS.2ClH/c20-18-14-3-1-4-15(18)12-16(11-14)19(23)22-8-6-21(7-9-22)13-17-5-2-10-24-17;;/h2,5,10,14-16,18H,1,3-4,6-9,11-13,20H2;2*1H. The second-order valence-electron chi connectivity index (χ2n) is 7.88. The molecule has 7 heteroatoms. The van der Waals surface area contributed by atoms with Crippen LogP contribution < -0.4 is 5.73 Å². The fraction of sp³-hybridized carbons (Fsp3) is 0.737. The number of thiophene rings is 1. The van der Waals surface area contributed by atoms with Crippen molar-refractivity contribution in [3.8, 4) is 0 Å². The lowest BCUT2D eigenvalue weighted by molar-refractivity contribution is -0.140. The molecule has 0 aromatic carbocycles. The number of fused-ring (bicyclic) bond motifs is 2. The third-order valence-electron chi connectivity index (χ3n) is 6.41. The SMILES string of the molecule is Cl.Cl.NC1C2CCCC1CC(C(=O)N1CCN(Cc3cccs3)CC1)C2. The van der Waals surface area contributed by atoms with E-state index in [-0.39, 0.29) is 30.7 Å². The Balaban J connectivity index is 0.00000121. The Bertz CT molecular complexity index is 549. The maximum Gasteiger partial charge on any atom is 0.225 e. The molecular formula is C19H31Cl2N3OS. The van der Waals surface area contributed by atoms with E-state index in [0.717, 1.165) is 45.6 Å². The van der Waals surface area contributed by atoms with Crippen LogP contribution in [0.3, 0.4) is 0 Å². The van der Waals surface area contributed by atoms with Crippen molar-refractivity contribution in [2.45, 2.75) is 44.7 Å². The van der Waals surface area contributed by atoms with Crippen molar-refractivity contribution in [3.63, 3.8) is 0 Å². The van der Waals surface area contributed by atoms with Gasteiger partial charge in [-0.3, -0.25) is 9.69 Å². The fourth-order valence-electron chi connectivity index (χ4n) is 5.00. The topological polar surface area (TPSA) is 49.6 Å². The Morgan fingerprint density at radius 3 is 2.35 bits per heavy atom. The number of nitrogens with zero attached hydrogens (tertiary/aromatic N) is 2. The number of halogens is 2. The number of hydrogen-bond donors (Lipinski definition) is 1. The van der Waals surface area contributed by atoms with Crippen molar-refractivity contribution in [2.24, 2.45) is 23.5 Å². The molecule has 3 aliphatic rings. The van der Waals surface area contributed by atoms with Crippen LogP contribution in [0.15, 0.2) is 17.5 Å². The van der Waals surface area contributed by atoms with Gasteiger partial charge in [0.05, 0.1) is 0 Å². The van der Waals surface area contributed by atoms with E-state index in [4.69, 9.17) is 5.73 Å². The lowest BCUT2D eigenvalue weighted by atomic mass is 9.65. The first kappa shape index (κ1) is 22.0. The maximum atomic E-state index is 13.0. The Hall–Kier alpha value is -0.330. The van der Waals surface area contributed by atoms with Crippen molar-refractivity contribution in [3.05, 3.63) is 22.4 Å². The Labute approximate surface area is 173 Å².